The Hall–Kier alpha value is -0.780. The summed E-state index contributed by atoms with van der Waals surface area (Å²) >= 11 is 0. The van der Waals surface area contributed by atoms with Gasteiger partial charge in [0.05, 0.1) is 0 Å². The van der Waals surface area contributed by atoms with E-state index >= 15 is 0 Å². The molecule has 0 saturated carbocycles. The Bertz CT molecular complexity index is 287. The van der Waals surface area contributed by atoms with E-state index in [2.05, 4.69) is 46.8 Å². The molecule has 14 heavy (non-hydrogen) atoms. The van der Waals surface area contributed by atoms with Crippen LogP contribution in [0.25, 0.3) is 0 Å². The lowest BCUT2D eigenvalue weighted by atomic mass is 9.88. The zero-order valence-corrected chi connectivity index (χ0v) is 10.1. The number of rotatable bonds is 3. The second-order valence-corrected chi connectivity index (χ2v) is 4.50. The Balaban J connectivity index is 3.07. The first-order chi connectivity index (χ1) is 6.56. The SMILES string of the molecule is CCCC(C)c1c(C)cc(C)cc1C. The molecule has 0 heteroatoms. The third-order valence-electron chi connectivity index (χ3n) is 2.95. The van der Waals surface area contributed by atoms with Crippen molar-refractivity contribution in [2.24, 2.45) is 0 Å². The molecule has 0 saturated heterocycles. The Morgan fingerprint density at radius 2 is 1.57 bits per heavy atom. The van der Waals surface area contributed by atoms with Crippen molar-refractivity contribution in [3.63, 3.8) is 0 Å². The van der Waals surface area contributed by atoms with Crippen molar-refractivity contribution in [2.45, 2.75) is 53.4 Å². The van der Waals surface area contributed by atoms with E-state index in [9.17, 15) is 0 Å². The molecular weight excluding hydrogens is 168 g/mol. The van der Waals surface area contributed by atoms with Gasteiger partial charge in [-0.05, 0) is 49.8 Å². The van der Waals surface area contributed by atoms with E-state index in [0.717, 1.165) is 0 Å². The zero-order valence-electron chi connectivity index (χ0n) is 10.1. The van der Waals surface area contributed by atoms with Crippen LogP contribution in [0, 0.1) is 20.8 Å². The lowest BCUT2D eigenvalue weighted by Crippen LogP contribution is -2.00. The highest BCUT2D eigenvalue weighted by Crippen LogP contribution is 2.27. The molecule has 0 spiro atoms. The second-order valence-electron chi connectivity index (χ2n) is 4.50. The van der Waals surface area contributed by atoms with Gasteiger partial charge in [-0.15, -0.1) is 0 Å². The molecule has 1 atom stereocenters. The maximum Gasteiger partial charge on any atom is -0.0185 e. The van der Waals surface area contributed by atoms with Gasteiger partial charge in [-0.25, -0.2) is 0 Å². The molecule has 0 bridgehead atoms. The number of aryl methyl sites for hydroxylation is 3. The van der Waals surface area contributed by atoms with Crippen molar-refractivity contribution < 1.29 is 0 Å². The van der Waals surface area contributed by atoms with Crippen LogP contribution in [0.3, 0.4) is 0 Å². The molecule has 0 N–H and O–H groups in total. The lowest BCUT2D eigenvalue weighted by Gasteiger charge is -2.17. The van der Waals surface area contributed by atoms with Gasteiger partial charge in [0.25, 0.3) is 0 Å². The highest BCUT2D eigenvalue weighted by atomic mass is 14.2. The quantitative estimate of drug-likeness (QED) is 0.657. The van der Waals surface area contributed by atoms with Gasteiger partial charge in [-0.1, -0.05) is 38.0 Å². The van der Waals surface area contributed by atoms with E-state index in [-0.39, 0.29) is 0 Å². The first kappa shape index (κ1) is 11.3. The van der Waals surface area contributed by atoms with E-state index in [4.69, 9.17) is 0 Å². The maximum absolute atomic E-state index is 2.34. The van der Waals surface area contributed by atoms with Gasteiger partial charge >= 0.3 is 0 Å². The van der Waals surface area contributed by atoms with Crippen LogP contribution in [0.5, 0.6) is 0 Å². The summed E-state index contributed by atoms with van der Waals surface area (Å²) in [6, 6.07) is 4.60. The average molecular weight is 190 g/mol. The zero-order chi connectivity index (χ0) is 10.7. The Kier molecular flexibility index (Phi) is 3.74. The van der Waals surface area contributed by atoms with Crippen LogP contribution in [0.1, 0.15) is 54.9 Å². The molecule has 0 fully saturated rings. The van der Waals surface area contributed by atoms with E-state index in [1.807, 2.05) is 0 Å². The molecule has 0 amide bonds. The van der Waals surface area contributed by atoms with Crippen molar-refractivity contribution in [2.75, 3.05) is 0 Å². The molecule has 0 nitrogen and oxygen atoms in total. The first-order valence-corrected chi connectivity index (χ1v) is 5.64. The van der Waals surface area contributed by atoms with Crippen molar-refractivity contribution in [3.05, 3.63) is 34.4 Å². The van der Waals surface area contributed by atoms with E-state index < -0.39 is 0 Å². The fourth-order valence-electron chi connectivity index (χ4n) is 2.55. The van der Waals surface area contributed by atoms with Crippen LogP contribution in [0.2, 0.25) is 0 Å². The van der Waals surface area contributed by atoms with Crippen molar-refractivity contribution >= 4 is 0 Å². The molecule has 0 aliphatic carbocycles. The highest BCUT2D eigenvalue weighted by Gasteiger charge is 2.10. The van der Waals surface area contributed by atoms with Gasteiger partial charge < -0.3 is 0 Å². The first-order valence-electron chi connectivity index (χ1n) is 5.64. The summed E-state index contributed by atoms with van der Waals surface area (Å²) < 4.78 is 0. The smallest absolute Gasteiger partial charge is 0.0185 e. The summed E-state index contributed by atoms with van der Waals surface area (Å²) in [5.41, 5.74) is 5.87. The van der Waals surface area contributed by atoms with Crippen molar-refractivity contribution in [3.8, 4) is 0 Å². The Labute approximate surface area is 88.4 Å². The lowest BCUT2D eigenvalue weighted by molar-refractivity contribution is 0.657. The second kappa shape index (κ2) is 4.63. The van der Waals surface area contributed by atoms with Crippen LogP contribution in [0.4, 0.5) is 0 Å². The average Bonchev–Trinajstić information content (AvgIpc) is 2.01. The molecule has 1 aromatic carbocycles. The van der Waals surface area contributed by atoms with Crippen LogP contribution in [-0.4, -0.2) is 0 Å². The molecule has 0 aliphatic rings. The van der Waals surface area contributed by atoms with Gasteiger partial charge in [-0.2, -0.15) is 0 Å². The topological polar surface area (TPSA) is 0 Å². The minimum absolute atomic E-state index is 0.709. The summed E-state index contributed by atoms with van der Waals surface area (Å²) in [6.07, 6.45) is 2.57. The molecule has 1 aromatic rings. The summed E-state index contributed by atoms with van der Waals surface area (Å²) in [7, 11) is 0. The fraction of sp³-hybridized carbons (Fsp3) is 0.571. The Morgan fingerprint density at radius 1 is 1.07 bits per heavy atom. The standard InChI is InChI=1S/C14H22/c1-6-7-11(3)14-12(4)8-10(2)9-13(14)5/h8-9,11H,6-7H2,1-5H3. The van der Waals surface area contributed by atoms with Crippen LogP contribution < -0.4 is 0 Å². The minimum Gasteiger partial charge on any atom is -0.0654 e. The fourth-order valence-corrected chi connectivity index (χ4v) is 2.55. The summed E-state index contributed by atoms with van der Waals surface area (Å²) in [5.74, 6) is 0.709. The molecule has 0 aliphatic heterocycles. The minimum atomic E-state index is 0.709. The van der Waals surface area contributed by atoms with Gasteiger partial charge in [0.2, 0.25) is 0 Å². The van der Waals surface area contributed by atoms with E-state index in [1.165, 1.54) is 29.5 Å². The monoisotopic (exact) mass is 190 g/mol. The number of hydrogen-bond donors (Lipinski definition) is 0. The van der Waals surface area contributed by atoms with Crippen LogP contribution >= 0.6 is 0 Å². The molecule has 1 rings (SSSR count). The van der Waals surface area contributed by atoms with E-state index in [1.54, 1.807) is 5.56 Å². The Morgan fingerprint density at radius 3 is 2.00 bits per heavy atom. The highest BCUT2D eigenvalue weighted by molar-refractivity contribution is 5.39. The summed E-state index contributed by atoms with van der Waals surface area (Å²) in [4.78, 5) is 0. The largest absolute Gasteiger partial charge is 0.0654 e. The molecule has 0 aromatic heterocycles. The van der Waals surface area contributed by atoms with Gasteiger partial charge in [0.15, 0.2) is 0 Å². The molecular formula is C14H22. The van der Waals surface area contributed by atoms with E-state index in [0.29, 0.717) is 5.92 Å². The molecule has 1 unspecified atom stereocenters. The van der Waals surface area contributed by atoms with Crippen molar-refractivity contribution in [1.82, 2.24) is 0 Å². The summed E-state index contributed by atoms with van der Waals surface area (Å²) in [5, 5.41) is 0. The molecule has 78 valence electrons. The van der Waals surface area contributed by atoms with Gasteiger partial charge in [-0.3, -0.25) is 0 Å². The third-order valence-corrected chi connectivity index (χ3v) is 2.95. The maximum atomic E-state index is 2.34. The number of benzene rings is 1. The number of hydrogen-bond acceptors (Lipinski definition) is 0. The molecule has 0 radical (unpaired) electrons. The summed E-state index contributed by atoms with van der Waals surface area (Å²) in [6.45, 7) is 11.3. The third kappa shape index (κ3) is 2.37. The van der Waals surface area contributed by atoms with Crippen LogP contribution in [0.15, 0.2) is 12.1 Å². The van der Waals surface area contributed by atoms with Crippen molar-refractivity contribution in [1.29, 1.82) is 0 Å². The normalized spacial score (nSPS) is 12.9. The predicted octanol–water partition coefficient (Wildman–Crippen LogP) is 4.52. The van der Waals surface area contributed by atoms with Gasteiger partial charge in [0.1, 0.15) is 0 Å². The van der Waals surface area contributed by atoms with Crippen LogP contribution in [-0.2, 0) is 0 Å². The predicted molar refractivity (Wildman–Crippen MR) is 64.0 cm³/mol. The molecule has 0 heterocycles. The van der Waals surface area contributed by atoms with Gasteiger partial charge in [0, 0.05) is 0 Å².